The third-order valence-corrected chi connectivity index (χ3v) is 7.25. The van der Waals surface area contributed by atoms with Crippen molar-refractivity contribution in [2.75, 3.05) is 6.54 Å². The Hall–Kier alpha value is -2.88. The second-order valence-electron chi connectivity index (χ2n) is 8.76. The summed E-state index contributed by atoms with van der Waals surface area (Å²) in [5.74, 6) is 5.65. The number of carbonyl (C=O) groups is 2. The van der Waals surface area contributed by atoms with E-state index in [1.165, 1.54) is 16.9 Å². The van der Waals surface area contributed by atoms with Crippen molar-refractivity contribution in [1.82, 2.24) is 4.90 Å². The number of aliphatic hydroxyl groups is 1. The molecule has 1 aromatic carbocycles. The third-order valence-electron chi connectivity index (χ3n) is 6.11. The highest BCUT2D eigenvalue weighted by molar-refractivity contribution is 7.13. The summed E-state index contributed by atoms with van der Waals surface area (Å²) in [6, 6.07) is 13.8. The first kappa shape index (κ1) is 25.7. The smallest absolute Gasteiger partial charge is 0.345 e. The molecule has 0 bridgehead atoms. The van der Waals surface area contributed by atoms with Crippen molar-refractivity contribution >= 4 is 23.2 Å². The zero-order valence-electron chi connectivity index (χ0n) is 19.7. The predicted octanol–water partition coefficient (Wildman–Crippen LogP) is 4.95. The molecule has 0 aliphatic carbocycles. The van der Waals surface area contributed by atoms with Crippen LogP contribution in [0.4, 0.5) is 0 Å². The Bertz CT molecular complexity index is 1030. The van der Waals surface area contributed by atoms with E-state index in [9.17, 15) is 14.7 Å². The van der Waals surface area contributed by atoms with Crippen LogP contribution in [-0.4, -0.2) is 45.7 Å². The molecule has 3 atom stereocenters. The normalized spacial score (nSPS) is 17.5. The molecule has 0 spiro atoms. The molecule has 34 heavy (non-hydrogen) atoms. The monoisotopic (exact) mass is 479 g/mol. The fraction of sp³-hybridized carbons (Fsp3) is 0.429. The summed E-state index contributed by atoms with van der Waals surface area (Å²) in [7, 11) is 0. The number of hydrogen-bond donors (Lipinski definition) is 2. The van der Waals surface area contributed by atoms with Crippen molar-refractivity contribution < 1.29 is 19.8 Å². The number of carbonyl (C=O) groups excluding carboxylic acids is 1. The molecule has 1 unspecified atom stereocenters. The van der Waals surface area contributed by atoms with Gasteiger partial charge in [0, 0.05) is 30.7 Å². The number of rotatable bonds is 11. The quantitative estimate of drug-likeness (QED) is 0.353. The van der Waals surface area contributed by atoms with Crippen LogP contribution in [0, 0.1) is 17.8 Å². The Morgan fingerprint density at radius 1 is 1.21 bits per heavy atom. The maximum atomic E-state index is 12.3. The van der Waals surface area contributed by atoms with E-state index >= 15 is 0 Å². The molecule has 1 amide bonds. The molecule has 1 fully saturated rings. The summed E-state index contributed by atoms with van der Waals surface area (Å²) in [6.45, 7) is 2.62. The molecular weight excluding hydrogens is 446 g/mol. The van der Waals surface area contributed by atoms with Crippen molar-refractivity contribution in [1.29, 1.82) is 0 Å². The minimum absolute atomic E-state index is 0.00391. The lowest BCUT2D eigenvalue weighted by molar-refractivity contribution is -0.128. The number of amides is 1. The van der Waals surface area contributed by atoms with Gasteiger partial charge in [-0.15, -0.1) is 23.2 Å². The number of aliphatic hydroxyl groups excluding tert-OH is 1. The fourth-order valence-electron chi connectivity index (χ4n) is 4.02. The third kappa shape index (κ3) is 7.86. The van der Waals surface area contributed by atoms with Gasteiger partial charge in [0.15, 0.2) is 0 Å². The molecule has 180 valence electrons. The van der Waals surface area contributed by atoms with Crippen molar-refractivity contribution in [2.45, 2.75) is 64.0 Å². The molecule has 2 heterocycles. The molecule has 3 rings (SSSR count). The zero-order valence-corrected chi connectivity index (χ0v) is 20.5. The van der Waals surface area contributed by atoms with Crippen molar-refractivity contribution in [3.63, 3.8) is 0 Å². The van der Waals surface area contributed by atoms with E-state index in [0.717, 1.165) is 37.0 Å². The first-order valence-electron chi connectivity index (χ1n) is 11.9. The second-order valence-corrected chi connectivity index (χ2v) is 9.93. The van der Waals surface area contributed by atoms with Gasteiger partial charge in [-0.1, -0.05) is 49.4 Å². The van der Waals surface area contributed by atoms with Gasteiger partial charge >= 0.3 is 5.97 Å². The molecule has 1 aromatic heterocycles. The Balaban J connectivity index is 1.41. The summed E-state index contributed by atoms with van der Waals surface area (Å²) >= 11 is 1.29. The summed E-state index contributed by atoms with van der Waals surface area (Å²) in [5.41, 5.74) is 1.28. The SMILES string of the molecule is C[C@H](CC#CCCc1ccccc1)[C@H](O)C=CC1CCC(=O)N1CCCc1ccc(C(=O)O)s1. The van der Waals surface area contributed by atoms with Gasteiger partial charge in [-0.05, 0) is 49.3 Å². The summed E-state index contributed by atoms with van der Waals surface area (Å²) in [5, 5.41) is 19.6. The molecular formula is C28H33NO4S. The summed E-state index contributed by atoms with van der Waals surface area (Å²) < 4.78 is 0. The number of carboxylic acids is 1. The second kappa shape index (κ2) is 13.1. The first-order valence-corrected chi connectivity index (χ1v) is 12.7. The van der Waals surface area contributed by atoms with Gasteiger partial charge in [-0.25, -0.2) is 4.79 Å². The van der Waals surface area contributed by atoms with Crippen molar-refractivity contribution in [3.8, 4) is 11.8 Å². The van der Waals surface area contributed by atoms with Gasteiger partial charge in [0.1, 0.15) is 4.88 Å². The lowest BCUT2D eigenvalue weighted by atomic mass is 9.99. The van der Waals surface area contributed by atoms with Crippen LogP contribution >= 0.6 is 11.3 Å². The maximum Gasteiger partial charge on any atom is 0.345 e. The van der Waals surface area contributed by atoms with Gasteiger partial charge in [0.25, 0.3) is 0 Å². The molecule has 0 radical (unpaired) electrons. The van der Waals surface area contributed by atoms with E-state index in [-0.39, 0.29) is 17.9 Å². The molecule has 2 aromatic rings. The van der Waals surface area contributed by atoms with Crippen molar-refractivity contribution in [3.05, 3.63) is 69.9 Å². The minimum Gasteiger partial charge on any atom is -0.477 e. The fourth-order valence-corrected chi connectivity index (χ4v) is 4.91. The minimum atomic E-state index is -0.901. The molecule has 1 aliphatic rings. The van der Waals surface area contributed by atoms with Gasteiger partial charge < -0.3 is 15.1 Å². The van der Waals surface area contributed by atoms with Crippen LogP contribution in [0.5, 0.6) is 0 Å². The lowest BCUT2D eigenvalue weighted by Gasteiger charge is -2.23. The van der Waals surface area contributed by atoms with E-state index in [1.54, 1.807) is 6.07 Å². The Labute approximate surface area is 206 Å². The van der Waals surface area contributed by atoms with E-state index < -0.39 is 12.1 Å². The molecule has 1 saturated heterocycles. The topological polar surface area (TPSA) is 77.8 Å². The highest BCUT2D eigenvalue weighted by Crippen LogP contribution is 2.23. The number of benzene rings is 1. The van der Waals surface area contributed by atoms with Crippen LogP contribution in [-0.2, 0) is 17.6 Å². The van der Waals surface area contributed by atoms with E-state index in [2.05, 4.69) is 24.0 Å². The molecule has 1 aliphatic heterocycles. The Kier molecular flexibility index (Phi) is 9.93. The lowest BCUT2D eigenvalue weighted by Crippen LogP contribution is -2.33. The first-order chi connectivity index (χ1) is 16.4. The zero-order chi connectivity index (χ0) is 24.3. The average Bonchev–Trinajstić information content (AvgIpc) is 3.45. The maximum absolute atomic E-state index is 12.3. The number of likely N-dealkylation sites (tertiary alicyclic amines) is 1. The number of aryl methyl sites for hydroxylation is 2. The summed E-state index contributed by atoms with van der Waals surface area (Å²) in [4.78, 5) is 26.6. The summed E-state index contributed by atoms with van der Waals surface area (Å²) in [6.07, 6.45) is 8.37. The van der Waals surface area contributed by atoms with Gasteiger partial charge in [-0.3, -0.25) is 4.79 Å². The number of hydrogen-bond acceptors (Lipinski definition) is 4. The standard InChI is InChI=1S/C28H33NO4S/c1-21(9-4-2-5-10-22-11-6-3-7-12-22)25(30)17-14-23-15-19-27(31)29(23)20-8-13-24-16-18-26(34-24)28(32)33/h3,6-7,11-12,14,16-18,21,23,25,30H,5,8-10,13,15,19-20H2,1H3,(H,32,33)/t21-,23?,25-/m1/s1. The van der Waals surface area contributed by atoms with Gasteiger partial charge in [0.05, 0.1) is 12.1 Å². The van der Waals surface area contributed by atoms with Gasteiger partial charge in [-0.2, -0.15) is 0 Å². The van der Waals surface area contributed by atoms with Crippen LogP contribution in [0.2, 0.25) is 0 Å². The number of nitrogens with zero attached hydrogens (tertiary/aromatic N) is 1. The van der Waals surface area contributed by atoms with E-state index in [0.29, 0.717) is 24.3 Å². The van der Waals surface area contributed by atoms with E-state index in [4.69, 9.17) is 5.11 Å². The van der Waals surface area contributed by atoms with Crippen LogP contribution in [0.3, 0.4) is 0 Å². The molecule has 6 heteroatoms. The number of aromatic carboxylic acids is 1. The van der Waals surface area contributed by atoms with Gasteiger partial charge in [0.2, 0.25) is 5.91 Å². The Morgan fingerprint density at radius 2 is 2.00 bits per heavy atom. The van der Waals surface area contributed by atoms with E-state index in [1.807, 2.05) is 48.2 Å². The van der Waals surface area contributed by atoms with Crippen LogP contribution in [0.25, 0.3) is 0 Å². The highest BCUT2D eigenvalue weighted by atomic mass is 32.1. The molecule has 0 saturated carbocycles. The van der Waals surface area contributed by atoms with Crippen LogP contribution in [0.1, 0.15) is 59.1 Å². The van der Waals surface area contributed by atoms with Crippen LogP contribution in [0.15, 0.2) is 54.6 Å². The highest BCUT2D eigenvalue weighted by Gasteiger charge is 2.28. The van der Waals surface area contributed by atoms with Crippen LogP contribution < -0.4 is 0 Å². The number of thiophene rings is 1. The Morgan fingerprint density at radius 3 is 2.74 bits per heavy atom. The average molecular weight is 480 g/mol. The molecule has 5 nitrogen and oxygen atoms in total. The predicted molar refractivity (Wildman–Crippen MR) is 136 cm³/mol. The van der Waals surface area contributed by atoms with Crippen molar-refractivity contribution in [2.24, 2.45) is 5.92 Å². The number of carboxylic acid groups (broad SMARTS) is 1. The molecule has 2 N–H and O–H groups in total. The largest absolute Gasteiger partial charge is 0.477 e.